The van der Waals surface area contributed by atoms with Gasteiger partial charge in [-0.05, 0) is 6.92 Å². The third-order valence-electron chi connectivity index (χ3n) is 3.15. The molecule has 1 rings (SSSR count). The van der Waals surface area contributed by atoms with Gasteiger partial charge >= 0.3 is 31.0 Å². The zero-order chi connectivity index (χ0) is 20.1. The second kappa shape index (κ2) is 6.22. The molecule has 0 aromatic heterocycles. The molecule has 1 heterocycles. The molecule has 0 amide bonds. The van der Waals surface area contributed by atoms with Crippen molar-refractivity contribution in [2.45, 2.75) is 37.0 Å². The molecule has 15 heteroatoms. The zero-order valence-corrected chi connectivity index (χ0v) is 13.3. The van der Waals surface area contributed by atoms with Gasteiger partial charge in [-0.1, -0.05) is 0 Å². The Kier molecular flexibility index (Phi) is 5.44. The molecule has 0 spiro atoms. The van der Waals surface area contributed by atoms with E-state index >= 15 is 0 Å². The summed E-state index contributed by atoms with van der Waals surface area (Å²) in [5, 5.41) is 0. The van der Waals surface area contributed by atoms with Crippen molar-refractivity contribution >= 4 is 7.37 Å². The molecule has 0 bridgehead atoms. The van der Waals surface area contributed by atoms with E-state index in [2.05, 4.69) is 4.52 Å². The topological polar surface area (TPSA) is 32.8 Å². The first kappa shape index (κ1) is 21.9. The van der Waals surface area contributed by atoms with Crippen LogP contribution < -0.4 is 0 Å². The maximum absolute atomic E-state index is 13.5. The van der Waals surface area contributed by atoms with Gasteiger partial charge in [-0.15, -0.1) is 0 Å². The third kappa shape index (κ3) is 3.29. The summed E-state index contributed by atoms with van der Waals surface area (Å²) >= 11 is 0. The maximum atomic E-state index is 13.5. The zero-order valence-electron chi connectivity index (χ0n) is 12.4. The SMILES string of the molecule is CCN1C=CN(C)C1OP(=O)(C(F)(F)C(F)(F)F)C(F)(F)C(F)(F)F. The standard InChI is InChI=1S/C10H11F10N2O2P/c1-3-22-5-4-21(2)6(22)24-25(23,9(17,18)7(11,12)13)10(19,20)8(14,15)16/h4-6H,3H2,1-2H3. The van der Waals surface area contributed by atoms with Crippen LogP contribution in [-0.4, -0.2) is 53.4 Å². The van der Waals surface area contributed by atoms with Gasteiger partial charge in [0.25, 0.3) is 0 Å². The predicted octanol–water partition coefficient (Wildman–Crippen LogP) is 4.61. The molecule has 1 unspecified atom stereocenters. The maximum Gasteiger partial charge on any atom is 0.463 e. The second-order valence-corrected chi connectivity index (χ2v) is 7.29. The molecule has 1 aliphatic rings. The summed E-state index contributed by atoms with van der Waals surface area (Å²) in [6, 6.07) is 0. The van der Waals surface area contributed by atoms with Crippen LogP contribution in [0.3, 0.4) is 0 Å². The van der Waals surface area contributed by atoms with Crippen LogP contribution in [0.25, 0.3) is 0 Å². The van der Waals surface area contributed by atoms with Crippen molar-refractivity contribution in [1.29, 1.82) is 0 Å². The number of rotatable bonds is 5. The van der Waals surface area contributed by atoms with Crippen molar-refractivity contribution in [3.63, 3.8) is 0 Å². The van der Waals surface area contributed by atoms with Gasteiger partial charge in [0.05, 0.1) is 0 Å². The van der Waals surface area contributed by atoms with Crippen LogP contribution in [0.4, 0.5) is 43.9 Å². The molecule has 0 saturated carbocycles. The molecular formula is C10H11F10N2O2P. The molecule has 0 aromatic carbocycles. The Balaban J connectivity index is 3.53. The number of nitrogens with zero attached hydrogens (tertiary/aromatic N) is 2. The Morgan fingerprint density at radius 1 is 0.920 bits per heavy atom. The largest absolute Gasteiger partial charge is 0.463 e. The molecule has 0 N–H and O–H groups in total. The minimum atomic E-state index is -8.05. The van der Waals surface area contributed by atoms with Gasteiger partial charge in [-0.3, -0.25) is 9.09 Å². The average Bonchev–Trinajstić information content (AvgIpc) is 2.76. The molecule has 148 valence electrons. The lowest BCUT2D eigenvalue weighted by atomic mass is 10.6. The number of halogens is 10. The van der Waals surface area contributed by atoms with Crippen molar-refractivity contribution in [1.82, 2.24) is 9.80 Å². The molecule has 0 aromatic rings. The van der Waals surface area contributed by atoms with E-state index < -0.39 is 37.4 Å². The summed E-state index contributed by atoms with van der Waals surface area (Å²) in [4.78, 5) is 1.31. The van der Waals surface area contributed by atoms with Crippen molar-refractivity contribution in [3.05, 3.63) is 12.4 Å². The van der Waals surface area contributed by atoms with Crippen LogP contribution in [0.5, 0.6) is 0 Å². The van der Waals surface area contributed by atoms with Crippen molar-refractivity contribution in [2.75, 3.05) is 13.6 Å². The molecule has 4 nitrogen and oxygen atoms in total. The minimum Gasteiger partial charge on any atom is -0.337 e. The Hall–Kier alpha value is -1.17. The Morgan fingerprint density at radius 2 is 1.32 bits per heavy atom. The monoisotopic (exact) mass is 412 g/mol. The Bertz CT molecular complexity index is 543. The first-order chi connectivity index (χ1) is 10.9. The van der Waals surface area contributed by atoms with E-state index in [0.717, 1.165) is 19.4 Å². The van der Waals surface area contributed by atoms with Gasteiger partial charge in [-0.25, -0.2) is 0 Å². The lowest BCUT2D eigenvalue weighted by molar-refractivity contribution is -0.275. The van der Waals surface area contributed by atoms with Crippen LogP contribution in [0.1, 0.15) is 6.92 Å². The predicted molar refractivity (Wildman–Crippen MR) is 63.8 cm³/mol. The molecule has 1 atom stereocenters. The fraction of sp³-hybridized carbons (Fsp3) is 0.800. The highest BCUT2D eigenvalue weighted by Gasteiger charge is 2.85. The van der Waals surface area contributed by atoms with E-state index in [1.165, 1.54) is 6.92 Å². The van der Waals surface area contributed by atoms with Crippen LogP contribution in [-0.2, 0) is 9.09 Å². The Morgan fingerprint density at radius 3 is 1.64 bits per heavy atom. The highest BCUT2D eigenvalue weighted by molar-refractivity contribution is 7.61. The summed E-state index contributed by atoms with van der Waals surface area (Å²) in [5.41, 5.74) is -13.9. The highest BCUT2D eigenvalue weighted by atomic mass is 31.2. The van der Waals surface area contributed by atoms with Gasteiger partial charge in [-0.2, -0.15) is 43.9 Å². The fourth-order valence-corrected chi connectivity index (χ4v) is 3.56. The quantitative estimate of drug-likeness (QED) is 0.488. The lowest BCUT2D eigenvalue weighted by Gasteiger charge is -2.38. The lowest BCUT2D eigenvalue weighted by Crippen LogP contribution is -2.51. The van der Waals surface area contributed by atoms with E-state index in [4.69, 9.17) is 0 Å². The fourth-order valence-electron chi connectivity index (χ4n) is 1.74. The summed E-state index contributed by atoms with van der Waals surface area (Å²) in [5.74, 6) is 0. The van der Waals surface area contributed by atoms with Gasteiger partial charge < -0.3 is 9.80 Å². The van der Waals surface area contributed by atoms with E-state index in [1.807, 2.05) is 0 Å². The molecule has 0 saturated heterocycles. The van der Waals surface area contributed by atoms with Gasteiger partial charge in [0, 0.05) is 26.0 Å². The van der Waals surface area contributed by atoms with E-state index in [-0.39, 0.29) is 6.54 Å². The van der Waals surface area contributed by atoms with Crippen molar-refractivity contribution in [2.24, 2.45) is 0 Å². The van der Waals surface area contributed by atoms with Gasteiger partial charge in [0.2, 0.25) is 6.35 Å². The average molecular weight is 412 g/mol. The van der Waals surface area contributed by atoms with Crippen LogP contribution in [0, 0.1) is 0 Å². The third-order valence-corrected chi connectivity index (χ3v) is 5.63. The molecular weight excluding hydrogens is 401 g/mol. The molecule has 0 aliphatic carbocycles. The highest BCUT2D eigenvalue weighted by Crippen LogP contribution is 2.78. The van der Waals surface area contributed by atoms with Gasteiger partial charge in [0.1, 0.15) is 0 Å². The van der Waals surface area contributed by atoms with Crippen LogP contribution in [0.15, 0.2) is 12.4 Å². The minimum absolute atomic E-state index is 0.235. The van der Waals surface area contributed by atoms with Crippen LogP contribution in [0.2, 0.25) is 0 Å². The number of hydrogen-bond acceptors (Lipinski definition) is 4. The molecule has 1 aliphatic heterocycles. The molecule has 25 heavy (non-hydrogen) atoms. The van der Waals surface area contributed by atoms with Crippen LogP contribution >= 0.6 is 7.37 Å². The number of alkyl halides is 10. The summed E-state index contributed by atoms with van der Waals surface area (Å²) in [6.45, 7) is 1.04. The van der Waals surface area contributed by atoms with E-state index in [1.54, 1.807) is 0 Å². The molecule has 0 radical (unpaired) electrons. The smallest absolute Gasteiger partial charge is 0.337 e. The summed E-state index contributed by atoms with van der Waals surface area (Å²) in [6.07, 6.45) is -14.3. The van der Waals surface area contributed by atoms with E-state index in [9.17, 15) is 48.5 Å². The van der Waals surface area contributed by atoms with E-state index in [0.29, 0.717) is 9.80 Å². The second-order valence-electron chi connectivity index (χ2n) is 4.86. The van der Waals surface area contributed by atoms with Crippen molar-refractivity contribution in [3.8, 4) is 0 Å². The summed E-state index contributed by atoms with van der Waals surface area (Å²) in [7, 11) is -7.12. The number of hydrogen-bond donors (Lipinski definition) is 0. The van der Waals surface area contributed by atoms with Gasteiger partial charge in [0.15, 0.2) is 0 Å². The first-order valence-electron chi connectivity index (χ1n) is 6.27. The summed E-state index contributed by atoms with van der Waals surface area (Å²) < 4.78 is 144. The normalized spacial score (nSPS) is 20.6. The first-order valence-corrected chi connectivity index (χ1v) is 7.90. The Labute approximate surface area is 134 Å². The molecule has 0 fully saturated rings. The van der Waals surface area contributed by atoms with Crippen molar-refractivity contribution < 1.29 is 53.0 Å².